The molecule has 1 N–H and O–H groups in total. The minimum atomic E-state index is 0.337. The van der Waals surface area contributed by atoms with E-state index in [0.29, 0.717) is 12.7 Å². The first-order chi connectivity index (χ1) is 6.93. The SMILES string of the molecule is OCCCCCCOC1CCCCC1. The zero-order valence-electron chi connectivity index (χ0n) is 9.21. The molecule has 84 valence electrons. The summed E-state index contributed by atoms with van der Waals surface area (Å²) >= 11 is 0. The Hall–Kier alpha value is -0.0800. The summed E-state index contributed by atoms with van der Waals surface area (Å²) in [4.78, 5) is 0. The molecule has 0 radical (unpaired) electrons. The van der Waals surface area contributed by atoms with Gasteiger partial charge in [0.15, 0.2) is 0 Å². The van der Waals surface area contributed by atoms with Crippen molar-refractivity contribution in [1.82, 2.24) is 0 Å². The van der Waals surface area contributed by atoms with Crippen molar-refractivity contribution in [1.29, 1.82) is 0 Å². The molecule has 0 aromatic rings. The Balaban J connectivity index is 1.82. The van der Waals surface area contributed by atoms with E-state index < -0.39 is 0 Å². The predicted octanol–water partition coefficient (Wildman–Crippen LogP) is 2.89. The molecule has 0 aromatic carbocycles. The minimum Gasteiger partial charge on any atom is -0.396 e. The number of hydrogen-bond acceptors (Lipinski definition) is 2. The zero-order chi connectivity index (χ0) is 10.1. The van der Waals surface area contributed by atoms with E-state index in [2.05, 4.69) is 0 Å². The summed E-state index contributed by atoms with van der Waals surface area (Å²) in [5, 5.41) is 8.60. The third-order valence-electron chi connectivity index (χ3n) is 2.96. The third kappa shape index (κ3) is 5.61. The Labute approximate surface area is 87.7 Å². The fourth-order valence-electron chi connectivity index (χ4n) is 2.05. The molecule has 0 amide bonds. The first kappa shape index (κ1) is 12.0. The number of aliphatic hydroxyl groups is 1. The van der Waals surface area contributed by atoms with Crippen LogP contribution in [0.25, 0.3) is 0 Å². The van der Waals surface area contributed by atoms with Gasteiger partial charge in [-0.2, -0.15) is 0 Å². The lowest BCUT2D eigenvalue weighted by Crippen LogP contribution is -2.17. The molecule has 1 aliphatic rings. The Morgan fingerprint density at radius 3 is 2.36 bits per heavy atom. The molecule has 0 aliphatic heterocycles. The normalized spacial score (nSPS) is 18.6. The molecule has 0 saturated heterocycles. The minimum absolute atomic E-state index is 0.337. The van der Waals surface area contributed by atoms with Gasteiger partial charge >= 0.3 is 0 Å². The average Bonchev–Trinajstić information content (AvgIpc) is 2.25. The molecule has 2 heteroatoms. The van der Waals surface area contributed by atoms with E-state index in [1.54, 1.807) is 0 Å². The number of hydrogen-bond donors (Lipinski definition) is 1. The van der Waals surface area contributed by atoms with E-state index in [4.69, 9.17) is 9.84 Å². The second kappa shape index (κ2) is 8.25. The van der Waals surface area contributed by atoms with Crippen molar-refractivity contribution in [3.8, 4) is 0 Å². The van der Waals surface area contributed by atoms with Crippen molar-refractivity contribution in [2.24, 2.45) is 0 Å². The summed E-state index contributed by atoms with van der Waals surface area (Å²) in [6.07, 6.45) is 11.7. The molecule has 1 rings (SSSR count). The molecule has 1 aliphatic carbocycles. The molecule has 1 saturated carbocycles. The molecule has 0 spiro atoms. The van der Waals surface area contributed by atoms with Gasteiger partial charge in [0.25, 0.3) is 0 Å². The van der Waals surface area contributed by atoms with Crippen LogP contribution in [0.1, 0.15) is 57.8 Å². The molecule has 0 heterocycles. The maximum atomic E-state index is 8.60. The van der Waals surface area contributed by atoms with E-state index in [-0.39, 0.29) is 0 Å². The van der Waals surface area contributed by atoms with E-state index >= 15 is 0 Å². The number of unbranched alkanes of at least 4 members (excludes halogenated alkanes) is 3. The lowest BCUT2D eigenvalue weighted by Gasteiger charge is -2.21. The highest BCUT2D eigenvalue weighted by molar-refractivity contribution is 4.64. The van der Waals surface area contributed by atoms with Gasteiger partial charge in [0.05, 0.1) is 6.10 Å². The highest BCUT2D eigenvalue weighted by Crippen LogP contribution is 2.20. The number of ether oxygens (including phenoxy) is 1. The van der Waals surface area contributed by atoms with Crippen molar-refractivity contribution in [2.45, 2.75) is 63.9 Å². The van der Waals surface area contributed by atoms with E-state index in [1.165, 1.54) is 38.5 Å². The van der Waals surface area contributed by atoms with Crippen LogP contribution in [0.5, 0.6) is 0 Å². The van der Waals surface area contributed by atoms with Crippen molar-refractivity contribution < 1.29 is 9.84 Å². The standard InChI is InChI=1S/C12H24O2/c13-10-6-1-2-7-11-14-12-8-4-3-5-9-12/h12-13H,1-11H2. The number of rotatable bonds is 7. The second-order valence-corrected chi connectivity index (χ2v) is 4.27. The first-order valence-electron chi connectivity index (χ1n) is 6.16. The lowest BCUT2D eigenvalue weighted by atomic mass is 9.98. The van der Waals surface area contributed by atoms with Crippen LogP contribution in [-0.2, 0) is 4.74 Å². The van der Waals surface area contributed by atoms with Crippen LogP contribution < -0.4 is 0 Å². The largest absolute Gasteiger partial charge is 0.396 e. The van der Waals surface area contributed by atoms with Crippen LogP contribution in [0.2, 0.25) is 0 Å². The Bertz CT molecular complexity index is 119. The lowest BCUT2D eigenvalue weighted by molar-refractivity contribution is 0.0262. The zero-order valence-corrected chi connectivity index (χ0v) is 9.21. The van der Waals surface area contributed by atoms with Gasteiger partial charge in [-0.25, -0.2) is 0 Å². The van der Waals surface area contributed by atoms with Crippen LogP contribution in [0.4, 0.5) is 0 Å². The maximum absolute atomic E-state index is 8.60. The molecule has 0 bridgehead atoms. The Morgan fingerprint density at radius 1 is 0.929 bits per heavy atom. The molecule has 2 nitrogen and oxygen atoms in total. The van der Waals surface area contributed by atoms with Crippen molar-refractivity contribution >= 4 is 0 Å². The highest BCUT2D eigenvalue weighted by Gasteiger charge is 2.12. The molecule has 0 aromatic heterocycles. The van der Waals surface area contributed by atoms with Crippen LogP contribution in [0.15, 0.2) is 0 Å². The first-order valence-corrected chi connectivity index (χ1v) is 6.16. The van der Waals surface area contributed by atoms with Crippen LogP contribution >= 0.6 is 0 Å². The van der Waals surface area contributed by atoms with Crippen LogP contribution in [0.3, 0.4) is 0 Å². The van der Waals surface area contributed by atoms with Gasteiger partial charge in [0.1, 0.15) is 0 Å². The van der Waals surface area contributed by atoms with Crippen LogP contribution in [-0.4, -0.2) is 24.4 Å². The summed E-state index contributed by atoms with van der Waals surface area (Å²) in [5.41, 5.74) is 0. The molecular formula is C12H24O2. The van der Waals surface area contributed by atoms with Crippen molar-refractivity contribution in [2.75, 3.05) is 13.2 Å². The second-order valence-electron chi connectivity index (χ2n) is 4.27. The fraction of sp³-hybridized carbons (Fsp3) is 1.00. The van der Waals surface area contributed by atoms with Crippen molar-refractivity contribution in [3.63, 3.8) is 0 Å². The third-order valence-corrected chi connectivity index (χ3v) is 2.96. The molecule has 14 heavy (non-hydrogen) atoms. The highest BCUT2D eigenvalue weighted by atomic mass is 16.5. The van der Waals surface area contributed by atoms with Gasteiger partial charge in [-0.3, -0.25) is 0 Å². The van der Waals surface area contributed by atoms with E-state index in [1.807, 2.05) is 0 Å². The summed E-state index contributed by atoms with van der Waals surface area (Å²) in [5.74, 6) is 0. The number of aliphatic hydroxyl groups excluding tert-OH is 1. The topological polar surface area (TPSA) is 29.5 Å². The van der Waals surface area contributed by atoms with Gasteiger partial charge in [-0.1, -0.05) is 32.1 Å². The van der Waals surface area contributed by atoms with Gasteiger partial charge in [0, 0.05) is 13.2 Å². The van der Waals surface area contributed by atoms with Gasteiger partial charge in [-0.05, 0) is 25.7 Å². The predicted molar refractivity (Wildman–Crippen MR) is 58.4 cm³/mol. The molecule has 0 unspecified atom stereocenters. The summed E-state index contributed by atoms with van der Waals surface area (Å²) in [7, 11) is 0. The Kier molecular flexibility index (Phi) is 7.06. The summed E-state index contributed by atoms with van der Waals surface area (Å²) < 4.78 is 5.80. The van der Waals surface area contributed by atoms with Crippen LogP contribution in [0, 0.1) is 0 Å². The van der Waals surface area contributed by atoms with Gasteiger partial charge < -0.3 is 9.84 Å². The molecule has 0 atom stereocenters. The fourth-order valence-corrected chi connectivity index (χ4v) is 2.05. The smallest absolute Gasteiger partial charge is 0.0575 e. The van der Waals surface area contributed by atoms with E-state index in [9.17, 15) is 0 Å². The molecule has 1 fully saturated rings. The molecular weight excluding hydrogens is 176 g/mol. The quantitative estimate of drug-likeness (QED) is 0.640. The maximum Gasteiger partial charge on any atom is 0.0575 e. The summed E-state index contributed by atoms with van der Waals surface area (Å²) in [6, 6.07) is 0. The van der Waals surface area contributed by atoms with Gasteiger partial charge in [0.2, 0.25) is 0 Å². The average molecular weight is 200 g/mol. The summed E-state index contributed by atoms with van der Waals surface area (Å²) in [6.45, 7) is 1.26. The Morgan fingerprint density at radius 2 is 1.64 bits per heavy atom. The van der Waals surface area contributed by atoms with E-state index in [0.717, 1.165) is 25.9 Å². The van der Waals surface area contributed by atoms with Crippen molar-refractivity contribution in [3.05, 3.63) is 0 Å². The van der Waals surface area contributed by atoms with Gasteiger partial charge in [-0.15, -0.1) is 0 Å². The monoisotopic (exact) mass is 200 g/mol.